The van der Waals surface area contributed by atoms with Gasteiger partial charge in [0.25, 0.3) is 0 Å². The molecule has 0 saturated heterocycles. The van der Waals surface area contributed by atoms with Crippen LogP contribution >= 0.6 is 0 Å². The summed E-state index contributed by atoms with van der Waals surface area (Å²) in [5, 5.41) is 5.29. The van der Waals surface area contributed by atoms with Gasteiger partial charge in [-0.2, -0.15) is 0 Å². The molecule has 11 aromatic rings. The van der Waals surface area contributed by atoms with Crippen LogP contribution in [0, 0.1) is 0 Å². The lowest BCUT2D eigenvalue weighted by molar-refractivity contribution is 0.616. The van der Waals surface area contributed by atoms with E-state index in [-0.39, 0.29) is 0 Å². The fraction of sp³-hybridized carbons (Fsp3) is 0.0312. The summed E-state index contributed by atoms with van der Waals surface area (Å²) in [7, 11) is 0. The van der Waals surface area contributed by atoms with Gasteiger partial charge in [0.15, 0.2) is 0 Å². The van der Waals surface area contributed by atoms with Crippen LogP contribution in [0.4, 0.5) is 11.4 Å². The fourth-order valence-electron chi connectivity index (χ4n) is 11.6. The van der Waals surface area contributed by atoms with E-state index in [2.05, 4.69) is 248 Å². The molecule has 0 amide bonds. The number of fused-ring (bicyclic) bond motifs is 7. The second kappa shape index (κ2) is 15.1. The Morgan fingerprint density at radius 2 is 0.818 bits per heavy atom. The fourth-order valence-corrected chi connectivity index (χ4v) is 11.6. The summed E-state index contributed by atoms with van der Waals surface area (Å²) in [5.74, 6) is 0. The van der Waals surface area contributed by atoms with Gasteiger partial charge in [0.05, 0.1) is 17.1 Å². The highest BCUT2D eigenvalue weighted by molar-refractivity contribution is 5.97. The van der Waals surface area contributed by atoms with Crippen molar-refractivity contribution < 1.29 is 4.42 Å². The summed E-state index contributed by atoms with van der Waals surface area (Å²) >= 11 is 0. The Bertz CT molecular complexity index is 3570. The first-order valence-electron chi connectivity index (χ1n) is 22.8. The van der Waals surface area contributed by atoms with Gasteiger partial charge in [-0.1, -0.05) is 212 Å². The van der Waals surface area contributed by atoms with Gasteiger partial charge in [0.2, 0.25) is 0 Å². The summed E-state index contributed by atoms with van der Waals surface area (Å²) in [5.41, 5.74) is 21.6. The van der Waals surface area contributed by atoms with Crippen molar-refractivity contribution in [3.8, 4) is 44.5 Å². The lowest BCUT2D eigenvalue weighted by Crippen LogP contribution is -2.29. The SMILES string of the molecule is c1ccc(C2(c3ccccc3)c3ccccc3-c3c(Nc4cccc5c4C(c4ccccc4)(c4cccc(-c6ccc(-c7ccc8occc8c7)cc6)c4)c4ccccc4-5)cccc32)cc1. The third-order valence-electron chi connectivity index (χ3n) is 14.3. The minimum absolute atomic E-state index is 0.499. The Hall–Kier alpha value is -8.46. The van der Waals surface area contributed by atoms with Gasteiger partial charge < -0.3 is 9.73 Å². The van der Waals surface area contributed by atoms with Crippen molar-refractivity contribution in [2.45, 2.75) is 10.8 Å². The highest BCUT2D eigenvalue weighted by Gasteiger charge is 2.49. The number of hydrogen-bond acceptors (Lipinski definition) is 2. The van der Waals surface area contributed by atoms with Crippen LogP contribution in [0.25, 0.3) is 55.5 Å². The molecule has 0 spiro atoms. The zero-order valence-electron chi connectivity index (χ0n) is 36.2. The van der Waals surface area contributed by atoms with Crippen molar-refractivity contribution in [2.24, 2.45) is 0 Å². The smallest absolute Gasteiger partial charge is 0.133 e. The van der Waals surface area contributed by atoms with E-state index < -0.39 is 10.8 Å². The molecule has 0 fully saturated rings. The number of furan rings is 1. The molecule has 2 nitrogen and oxygen atoms in total. The van der Waals surface area contributed by atoms with Gasteiger partial charge in [-0.25, -0.2) is 0 Å². The van der Waals surface area contributed by atoms with Gasteiger partial charge in [0, 0.05) is 27.9 Å². The first-order chi connectivity index (χ1) is 32.7. The first-order valence-corrected chi connectivity index (χ1v) is 22.8. The second-order valence-electron chi connectivity index (χ2n) is 17.6. The molecular formula is C64H43NO. The van der Waals surface area contributed by atoms with Crippen molar-refractivity contribution >= 4 is 22.3 Å². The molecule has 2 aliphatic carbocycles. The van der Waals surface area contributed by atoms with Crippen LogP contribution in [0.2, 0.25) is 0 Å². The van der Waals surface area contributed by atoms with Crippen LogP contribution in [-0.4, -0.2) is 0 Å². The summed E-state index contributed by atoms with van der Waals surface area (Å²) < 4.78 is 5.62. The molecule has 0 radical (unpaired) electrons. The molecule has 0 saturated carbocycles. The maximum absolute atomic E-state index is 5.62. The lowest BCUT2D eigenvalue weighted by atomic mass is 9.67. The third kappa shape index (κ3) is 5.55. The largest absolute Gasteiger partial charge is 0.464 e. The summed E-state index contributed by atoms with van der Waals surface area (Å²) in [6.07, 6.45) is 1.75. The number of hydrogen-bond donors (Lipinski definition) is 1. The molecule has 1 unspecified atom stereocenters. The maximum Gasteiger partial charge on any atom is 0.133 e. The molecule has 310 valence electrons. The van der Waals surface area contributed by atoms with E-state index in [9.17, 15) is 0 Å². The molecule has 13 rings (SSSR count). The molecule has 1 N–H and O–H groups in total. The van der Waals surface area contributed by atoms with Crippen LogP contribution in [0.1, 0.15) is 44.5 Å². The highest BCUT2D eigenvalue weighted by atomic mass is 16.3. The monoisotopic (exact) mass is 841 g/mol. The second-order valence-corrected chi connectivity index (χ2v) is 17.6. The topological polar surface area (TPSA) is 25.2 Å². The minimum atomic E-state index is -0.638. The predicted molar refractivity (Wildman–Crippen MR) is 271 cm³/mol. The number of rotatable bonds is 8. The molecule has 0 bridgehead atoms. The van der Waals surface area contributed by atoms with Crippen molar-refractivity contribution in [3.05, 3.63) is 299 Å². The quantitative estimate of drug-likeness (QED) is 0.165. The molecule has 2 aliphatic rings. The van der Waals surface area contributed by atoms with E-state index in [1.165, 1.54) is 89.0 Å². The number of anilines is 2. The lowest BCUT2D eigenvalue weighted by Gasteiger charge is -2.36. The predicted octanol–water partition coefficient (Wildman–Crippen LogP) is 16.2. The Kier molecular flexibility index (Phi) is 8.69. The molecule has 66 heavy (non-hydrogen) atoms. The van der Waals surface area contributed by atoms with Gasteiger partial charge in [-0.3, -0.25) is 0 Å². The molecule has 1 atom stereocenters. The van der Waals surface area contributed by atoms with E-state index >= 15 is 0 Å². The summed E-state index contributed by atoms with van der Waals surface area (Å²) in [6, 6.07) is 91.5. The van der Waals surface area contributed by atoms with Crippen molar-refractivity contribution in [1.82, 2.24) is 0 Å². The molecule has 10 aromatic carbocycles. The Labute approximate surface area is 385 Å². The Morgan fingerprint density at radius 3 is 1.52 bits per heavy atom. The average Bonchev–Trinajstić information content (AvgIpc) is 4.08. The normalized spacial score (nSPS) is 15.2. The zero-order chi connectivity index (χ0) is 43.7. The van der Waals surface area contributed by atoms with Gasteiger partial charge in [0.1, 0.15) is 5.58 Å². The van der Waals surface area contributed by atoms with Crippen LogP contribution in [-0.2, 0) is 10.8 Å². The molecular weight excluding hydrogens is 799 g/mol. The van der Waals surface area contributed by atoms with Gasteiger partial charge in [-0.05, 0) is 114 Å². The van der Waals surface area contributed by atoms with Crippen LogP contribution in [0.3, 0.4) is 0 Å². The Balaban J connectivity index is 1.00. The zero-order valence-corrected chi connectivity index (χ0v) is 36.2. The third-order valence-corrected chi connectivity index (χ3v) is 14.3. The standard InChI is InChI=1S/C64H43NO/c1-4-18-48(19-5-1)63(49-20-6-2-7-21-49)56-29-13-11-26-54(56)61-57(63)30-16-31-58(61)65-59-32-15-27-53-52-25-10-12-28-55(52)64(62(53)59,50-22-8-3-9-23-50)51-24-14-17-45(42-51)43-33-35-44(36-34-43)46-37-38-60-47(41-46)39-40-66-60/h1-42,65H. The molecule has 1 aromatic heterocycles. The van der Waals surface area contributed by atoms with E-state index in [1.807, 2.05) is 6.07 Å². The maximum atomic E-state index is 5.62. The van der Waals surface area contributed by atoms with Crippen molar-refractivity contribution in [1.29, 1.82) is 0 Å². The van der Waals surface area contributed by atoms with Crippen LogP contribution in [0.15, 0.2) is 259 Å². The first kappa shape index (κ1) is 38.0. The highest BCUT2D eigenvalue weighted by Crippen LogP contribution is 2.61. The average molecular weight is 842 g/mol. The van der Waals surface area contributed by atoms with E-state index in [0.29, 0.717) is 0 Å². The van der Waals surface area contributed by atoms with Crippen molar-refractivity contribution in [2.75, 3.05) is 5.32 Å². The van der Waals surface area contributed by atoms with E-state index in [0.717, 1.165) is 22.3 Å². The van der Waals surface area contributed by atoms with Gasteiger partial charge >= 0.3 is 0 Å². The van der Waals surface area contributed by atoms with Gasteiger partial charge in [-0.15, -0.1) is 0 Å². The minimum Gasteiger partial charge on any atom is -0.464 e. The van der Waals surface area contributed by atoms with E-state index in [4.69, 9.17) is 4.42 Å². The Morgan fingerprint density at radius 1 is 0.318 bits per heavy atom. The van der Waals surface area contributed by atoms with Crippen LogP contribution in [0.5, 0.6) is 0 Å². The number of nitrogens with one attached hydrogen (secondary N) is 1. The molecule has 0 aliphatic heterocycles. The summed E-state index contributed by atoms with van der Waals surface area (Å²) in [4.78, 5) is 0. The van der Waals surface area contributed by atoms with E-state index in [1.54, 1.807) is 6.26 Å². The molecule has 1 heterocycles. The number of benzene rings is 10. The van der Waals surface area contributed by atoms with Crippen molar-refractivity contribution in [3.63, 3.8) is 0 Å². The summed E-state index contributed by atoms with van der Waals surface area (Å²) in [6.45, 7) is 0. The molecule has 2 heteroatoms. The van der Waals surface area contributed by atoms with Crippen LogP contribution < -0.4 is 5.32 Å².